The van der Waals surface area contributed by atoms with Crippen molar-refractivity contribution in [3.05, 3.63) is 18.5 Å². The Labute approximate surface area is 112 Å². The number of aliphatic carboxylic acids is 1. The summed E-state index contributed by atoms with van der Waals surface area (Å²) >= 11 is 0. The summed E-state index contributed by atoms with van der Waals surface area (Å²) < 4.78 is 1.75. The van der Waals surface area contributed by atoms with Crippen LogP contribution < -0.4 is 0 Å². The van der Waals surface area contributed by atoms with Crippen LogP contribution >= 0.6 is 0 Å². The summed E-state index contributed by atoms with van der Waals surface area (Å²) in [5.74, 6) is -0.943. The molecule has 0 atom stereocenters. The lowest BCUT2D eigenvalue weighted by atomic mass is 9.66. The Morgan fingerprint density at radius 2 is 2.21 bits per heavy atom. The number of hydrogen-bond donors (Lipinski definition) is 1. The van der Waals surface area contributed by atoms with E-state index < -0.39 is 11.4 Å². The number of carboxylic acids is 1. The van der Waals surface area contributed by atoms with Crippen LogP contribution in [0.4, 0.5) is 0 Å². The first-order valence-corrected chi connectivity index (χ1v) is 6.48. The standard InChI is InChI=1S/C13H19N3O3/c1-15(8-9-16-7-3-6-14-16)11(17)10-13(12(18)19)4-2-5-13/h3,6-7H,2,4-5,8-10H2,1H3,(H,18,19). The van der Waals surface area contributed by atoms with Gasteiger partial charge in [0.15, 0.2) is 0 Å². The number of hydrogen-bond acceptors (Lipinski definition) is 3. The molecule has 1 aromatic rings. The molecule has 1 aliphatic rings. The molecule has 2 rings (SSSR count). The molecule has 104 valence electrons. The highest BCUT2D eigenvalue weighted by Crippen LogP contribution is 2.44. The maximum atomic E-state index is 12.0. The first-order chi connectivity index (χ1) is 9.03. The molecule has 1 fully saturated rings. The van der Waals surface area contributed by atoms with Gasteiger partial charge in [0.2, 0.25) is 5.91 Å². The highest BCUT2D eigenvalue weighted by molar-refractivity contribution is 5.85. The molecule has 0 saturated heterocycles. The van der Waals surface area contributed by atoms with Gasteiger partial charge in [0, 0.05) is 32.4 Å². The molecule has 1 amide bonds. The zero-order chi connectivity index (χ0) is 13.9. The molecule has 1 aromatic heterocycles. The molecular formula is C13H19N3O3. The Morgan fingerprint density at radius 1 is 1.47 bits per heavy atom. The fourth-order valence-electron chi connectivity index (χ4n) is 2.30. The average molecular weight is 265 g/mol. The molecule has 6 heteroatoms. The summed E-state index contributed by atoms with van der Waals surface area (Å²) in [6.45, 7) is 1.16. The van der Waals surface area contributed by atoms with Gasteiger partial charge >= 0.3 is 5.97 Å². The lowest BCUT2D eigenvalue weighted by molar-refractivity contribution is -0.159. The van der Waals surface area contributed by atoms with E-state index >= 15 is 0 Å². The molecule has 0 radical (unpaired) electrons. The third kappa shape index (κ3) is 2.94. The van der Waals surface area contributed by atoms with E-state index in [-0.39, 0.29) is 12.3 Å². The Balaban J connectivity index is 1.83. The van der Waals surface area contributed by atoms with E-state index in [0.29, 0.717) is 25.9 Å². The van der Waals surface area contributed by atoms with Gasteiger partial charge in [-0.05, 0) is 18.9 Å². The van der Waals surface area contributed by atoms with E-state index in [9.17, 15) is 14.7 Å². The second kappa shape index (κ2) is 5.42. The largest absolute Gasteiger partial charge is 0.481 e. The van der Waals surface area contributed by atoms with Crippen LogP contribution in [0.3, 0.4) is 0 Å². The molecule has 0 bridgehead atoms. The Hall–Kier alpha value is -1.85. The summed E-state index contributed by atoms with van der Waals surface area (Å²) in [7, 11) is 1.71. The van der Waals surface area contributed by atoms with Crippen molar-refractivity contribution in [2.24, 2.45) is 5.41 Å². The van der Waals surface area contributed by atoms with Crippen LogP contribution in [0.15, 0.2) is 18.5 Å². The first-order valence-electron chi connectivity index (χ1n) is 6.48. The molecule has 0 aliphatic heterocycles. The van der Waals surface area contributed by atoms with Crippen LogP contribution in [0.1, 0.15) is 25.7 Å². The zero-order valence-electron chi connectivity index (χ0n) is 11.1. The molecule has 0 spiro atoms. The molecule has 1 saturated carbocycles. The number of amides is 1. The van der Waals surface area contributed by atoms with E-state index in [1.807, 2.05) is 12.3 Å². The Morgan fingerprint density at radius 3 is 2.68 bits per heavy atom. The molecule has 19 heavy (non-hydrogen) atoms. The highest BCUT2D eigenvalue weighted by atomic mass is 16.4. The minimum Gasteiger partial charge on any atom is -0.481 e. The molecule has 1 heterocycles. The number of rotatable bonds is 6. The lowest BCUT2D eigenvalue weighted by Crippen LogP contribution is -2.43. The van der Waals surface area contributed by atoms with Crippen LogP contribution in [0.25, 0.3) is 0 Å². The molecular weight excluding hydrogens is 246 g/mol. The van der Waals surface area contributed by atoms with Crippen molar-refractivity contribution in [1.29, 1.82) is 0 Å². The predicted molar refractivity (Wildman–Crippen MR) is 68.4 cm³/mol. The SMILES string of the molecule is CN(CCn1cccn1)C(=O)CC1(C(=O)O)CCC1. The number of nitrogens with zero attached hydrogens (tertiary/aromatic N) is 3. The lowest BCUT2D eigenvalue weighted by Gasteiger charge is -2.38. The van der Waals surface area contributed by atoms with E-state index in [1.165, 1.54) is 0 Å². The van der Waals surface area contributed by atoms with Gasteiger partial charge in [-0.15, -0.1) is 0 Å². The highest BCUT2D eigenvalue weighted by Gasteiger charge is 2.46. The maximum Gasteiger partial charge on any atom is 0.310 e. The van der Waals surface area contributed by atoms with Crippen molar-refractivity contribution in [2.75, 3.05) is 13.6 Å². The van der Waals surface area contributed by atoms with E-state index in [4.69, 9.17) is 0 Å². The minimum atomic E-state index is -0.840. The smallest absolute Gasteiger partial charge is 0.310 e. The first kappa shape index (κ1) is 13.6. The molecule has 0 aromatic carbocycles. The van der Waals surface area contributed by atoms with E-state index in [1.54, 1.807) is 22.8 Å². The number of carboxylic acid groups (broad SMARTS) is 1. The molecule has 6 nitrogen and oxygen atoms in total. The van der Waals surface area contributed by atoms with Crippen molar-refractivity contribution in [2.45, 2.75) is 32.2 Å². The second-order valence-corrected chi connectivity index (χ2v) is 5.20. The van der Waals surface area contributed by atoms with Crippen molar-refractivity contribution in [3.8, 4) is 0 Å². The molecule has 1 aliphatic carbocycles. The van der Waals surface area contributed by atoms with Crippen LogP contribution in [0.5, 0.6) is 0 Å². The number of carbonyl (C=O) groups is 2. The molecule has 1 N–H and O–H groups in total. The summed E-state index contributed by atoms with van der Waals surface area (Å²) in [4.78, 5) is 24.9. The van der Waals surface area contributed by atoms with Gasteiger partial charge in [0.25, 0.3) is 0 Å². The van der Waals surface area contributed by atoms with Gasteiger partial charge < -0.3 is 10.0 Å². The monoisotopic (exact) mass is 265 g/mol. The van der Waals surface area contributed by atoms with Gasteiger partial charge in [0.1, 0.15) is 0 Å². The van der Waals surface area contributed by atoms with Crippen LogP contribution in [-0.2, 0) is 16.1 Å². The van der Waals surface area contributed by atoms with Crippen LogP contribution in [0, 0.1) is 5.41 Å². The predicted octanol–water partition coefficient (Wildman–Crippen LogP) is 0.986. The summed E-state index contributed by atoms with van der Waals surface area (Å²) in [5.41, 5.74) is -0.808. The number of likely N-dealkylation sites (N-methyl/N-ethyl adjacent to an activating group) is 1. The minimum absolute atomic E-state index is 0.103. The van der Waals surface area contributed by atoms with Crippen LogP contribution in [-0.4, -0.2) is 45.3 Å². The summed E-state index contributed by atoms with van der Waals surface area (Å²) in [5, 5.41) is 13.3. The Kier molecular flexibility index (Phi) is 3.87. The normalized spacial score (nSPS) is 16.7. The maximum absolute atomic E-state index is 12.0. The Bertz CT molecular complexity index is 452. The third-order valence-corrected chi connectivity index (χ3v) is 3.90. The summed E-state index contributed by atoms with van der Waals surface area (Å²) in [6.07, 6.45) is 5.76. The van der Waals surface area contributed by atoms with Crippen molar-refractivity contribution >= 4 is 11.9 Å². The van der Waals surface area contributed by atoms with Gasteiger partial charge in [-0.2, -0.15) is 5.10 Å². The third-order valence-electron chi connectivity index (χ3n) is 3.90. The quantitative estimate of drug-likeness (QED) is 0.832. The zero-order valence-corrected chi connectivity index (χ0v) is 11.1. The van der Waals surface area contributed by atoms with Crippen molar-refractivity contribution < 1.29 is 14.7 Å². The van der Waals surface area contributed by atoms with E-state index in [2.05, 4.69) is 5.10 Å². The number of aromatic nitrogens is 2. The van der Waals surface area contributed by atoms with E-state index in [0.717, 1.165) is 6.42 Å². The van der Waals surface area contributed by atoms with Gasteiger partial charge in [0.05, 0.1) is 12.0 Å². The van der Waals surface area contributed by atoms with Crippen LogP contribution in [0.2, 0.25) is 0 Å². The average Bonchev–Trinajstić information content (AvgIpc) is 2.82. The fourth-order valence-corrected chi connectivity index (χ4v) is 2.30. The summed E-state index contributed by atoms with van der Waals surface area (Å²) in [6, 6.07) is 1.83. The van der Waals surface area contributed by atoms with Crippen molar-refractivity contribution in [3.63, 3.8) is 0 Å². The molecule has 0 unspecified atom stereocenters. The van der Waals surface area contributed by atoms with Gasteiger partial charge in [-0.3, -0.25) is 14.3 Å². The topological polar surface area (TPSA) is 75.4 Å². The number of carbonyl (C=O) groups excluding carboxylic acids is 1. The van der Waals surface area contributed by atoms with Gasteiger partial charge in [-0.1, -0.05) is 6.42 Å². The second-order valence-electron chi connectivity index (χ2n) is 5.20. The van der Waals surface area contributed by atoms with Gasteiger partial charge in [-0.25, -0.2) is 0 Å². The van der Waals surface area contributed by atoms with Crippen molar-refractivity contribution in [1.82, 2.24) is 14.7 Å². The fraction of sp³-hybridized carbons (Fsp3) is 0.615.